The summed E-state index contributed by atoms with van der Waals surface area (Å²) < 4.78 is 16.2. The fourth-order valence-electron chi connectivity index (χ4n) is 3.76. The smallest absolute Gasteiger partial charge is 0.262 e. The Morgan fingerprint density at radius 3 is 2.24 bits per heavy atom. The maximum absolute atomic E-state index is 12.9. The Labute approximate surface area is 212 Å². The van der Waals surface area contributed by atoms with Gasteiger partial charge in [0, 0.05) is 22.9 Å². The highest BCUT2D eigenvalue weighted by molar-refractivity contribution is 6.10. The SMILES string of the molecule is O=C(COc1ccc(C(=O)c2ccccc2)cc1)Nc1ccccc1C(=O)Nc1ccc2c(c1)OCO2. The van der Waals surface area contributed by atoms with Gasteiger partial charge < -0.3 is 24.8 Å². The minimum absolute atomic E-state index is 0.0967. The van der Waals surface area contributed by atoms with E-state index in [4.69, 9.17) is 14.2 Å². The van der Waals surface area contributed by atoms with Crippen molar-refractivity contribution in [1.82, 2.24) is 0 Å². The number of hydrogen-bond donors (Lipinski definition) is 2. The average Bonchev–Trinajstić information content (AvgIpc) is 3.40. The van der Waals surface area contributed by atoms with Crippen molar-refractivity contribution in [3.8, 4) is 17.2 Å². The largest absolute Gasteiger partial charge is 0.484 e. The van der Waals surface area contributed by atoms with Crippen molar-refractivity contribution in [2.24, 2.45) is 0 Å². The van der Waals surface area contributed by atoms with Gasteiger partial charge in [0.25, 0.3) is 11.8 Å². The van der Waals surface area contributed by atoms with E-state index in [-0.39, 0.29) is 24.7 Å². The van der Waals surface area contributed by atoms with Crippen LogP contribution >= 0.6 is 0 Å². The van der Waals surface area contributed by atoms with Crippen molar-refractivity contribution in [1.29, 1.82) is 0 Å². The molecule has 0 aromatic heterocycles. The molecule has 0 spiro atoms. The predicted octanol–water partition coefficient (Wildman–Crippen LogP) is 4.92. The summed E-state index contributed by atoms with van der Waals surface area (Å²) in [5.41, 5.74) is 2.28. The van der Waals surface area contributed by atoms with E-state index >= 15 is 0 Å². The number of ketones is 1. The van der Waals surface area contributed by atoms with Gasteiger partial charge >= 0.3 is 0 Å². The molecule has 37 heavy (non-hydrogen) atoms. The molecule has 5 rings (SSSR count). The first-order chi connectivity index (χ1) is 18.1. The molecule has 0 radical (unpaired) electrons. The summed E-state index contributed by atoms with van der Waals surface area (Å²) in [6, 6.07) is 27.3. The number of nitrogens with one attached hydrogen (secondary N) is 2. The van der Waals surface area contributed by atoms with Crippen molar-refractivity contribution in [2.45, 2.75) is 0 Å². The van der Waals surface area contributed by atoms with Crippen molar-refractivity contribution < 1.29 is 28.6 Å². The predicted molar refractivity (Wildman–Crippen MR) is 137 cm³/mol. The second kappa shape index (κ2) is 10.7. The molecule has 8 heteroatoms. The number of amides is 2. The number of carbonyl (C=O) groups excluding carboxylic acids is 3. The van der Waals surface area contributed by atoms with Crippen LogP contribution in [0, 0.1) is 0 Å². The molecule has 4 aromatic rings. The quantitative estimate of drug-likeness (QED) is 0.337. The van der Waals surface area contributed by atoms with Crippen LogP contribution in [-0.2, 0) is 4.79 Å². The van der Waals surface area contributed by atoms with E-state index in [0.717, 1.165) is 0 Å². The Bertz CT molecular complexity index is 1450. The lowest BCUT2D eigenvalue weighted by atomic mass is 10.0. The van der Waals surface area contributed by atoms with Gasteiger partial charge in [-0.25, -0.2) is 0 Å². The number of carbonyl (C=O) groups is 3. The van der Waals surface area contributed by atoms with E-state index in [1.54, 1.807) is 78.9 Å². The lowest BCUT2D eigenvalue weighted by molar-refractivity contribution is -0.118. The third-order valence-corrected chi connectivity index (χ3v) is 5.60. The fourth-order valence-corrected chi connectivity index (χ4v) is 3.76. The van der Waals surface area contributed by atoms with Crippen LogP contribution in [0.2, 0.25) is 0 Å². The molecule has 0 fully saturated rings. The first-order valence-electron chi connectivity index (χ1n) is 11.5. The molecule has 0 unspecified atom stereocenters. The summed E-state index contributed by atoms with van der Waals surface area (Å²) in [4.78, 5) is 38.0. The van der Waals surface area contributed by atoms with Crippen LogP contribution in [0.5, 0.6) is 17.2 Å². The molecule has 1 aliphatic rings. The fraction of sp³-hybridized carbons (Fsp3) is 0.0690. The zero-order valence-corrected chi connectivity index (χ0v) is 19.6. The maximum atomic E-state index is 12.9. The van der Waals surface area contributed by atoms with Gasteiger partial charge in [-0.3, -0.25) is 14.4 Å². The molecule has 0 saturated carbocycles. The van der Waals surface area contributed by atoms with Crippen molar-refractivity contribution >= 4 is 29.0 Å². The summed E-state index contributed by atoms with van der Waals surface area (Å²) in [5.74, 6) is 0.674. The molecule has 2 amide bonds. The lowest BCUT2D eigenvalue weighted by Gasteiger charge is -2.12. The Balaban J connectivity index is 1.18. The third-order valence-electron chi connectivity index (χ3n) is 5.60. The van der Waals surface area contributed by atoms with Crippen molar-refractivity contribution in [3.63, 3.8) is 0 Å². The molecule has 0 aliphatic carbocycles. The van der Waals surface area contributed by atoms with E-state index in [9.17, 15) is 14.4 Å². The Morgan fingerprint density at radius 2 is 1.43 bits per heavy atom. The maximum Gasteiger partial charge on any atom is 0.262 e. The first kappa shape index (κ1) is 23.6. The van der Waals surface area contributed by atoms with E-state index in [2.05, 4.69) is 10.6 Å². The topological polar surface area (TPSA) is 103 Å². The zero-order chi connectivity index (χ0) is 25.6. The molecule has 1 heterocycles. The number of anilines is 2. The van der Waals surface area contributed by atoms with Crippen molar-refractivity contribution in [3.05, 3.63) is 114 Å². The van der Waals surface area contributed by atoms with E-state index in [1.807, 2.05) is 18.2 Å². The minimum Gasteiger partial charge on any atom is -0.484 e. The molecule has 0 bridgehead atoms. The van der Waals surface area contributed by atoms with E-state index < -0.39 is 11.8 Å². The molecule has 0 saturated heterocycles. The van der Waals surface area contributed by atoms with Gasteiger partial charge in [0.2, 0.25) is 6.79 Å². The van der Waals surface area contributed by atoms with Crippen molar-refractivity contribution in [2.75, 3.05) is 24.0 Å². The number of ether oxygens (including phenoxy) is 3. The molecule has 184 valence electrons. The minimum atomic E-state index is -0.437. The zero-order valence-electron chi connectivity index (χ0n) is 19.6. The van der Waals surface area contributed by atoms with Crippen LogP contribution in [0.25, 0.3) is 0 Å². The molecule has 8 nitrogen and oxygen atoms in total. The average molecular weight is 495 g/mol. The Hall–Kier alpha value is -5.11. The number of hydrogen-bond acceptors (Lipinski definition) is 6. The van der Waals surface area contributed by atoms with Crippen LogP contribution in [0.15, 0.2) is 97.1 Å². The number of fused-ring (bicyclic) bond motifs is 1. The van der Waals surface area contributed by atoms with Crippen LogP contribution in [0.1, 0.15) is 26.3 Å². The Morgan fingerprint density at radius 1 is 0.730 bits per heavy atom. The highest BCUT2D eigenvalue weighted by atomic mass is 16.7. The third kappa shape index (κ3) is 5.59. The highest BCUT2D eigenvalue weighted by Gasteiger charge is 2.17. The summed E-state index contributed by atoms with van der Waals surface area (Å²) >= 11 is 0. The van der Waals surface area contributed by atoms with Gasteiger partial charge in [0.1, 0.15) is 5.75 Å². The van der Waals surface area contributed by atoms with Gasteiger partial charge in [0.05, 0.1) is 11.3 Å². The monoisotopic (exact) mass is 494 g/mol. The first-order valence-corrected chi connectivity index (χ1v) is 11.5. The highest BCUT2D eigenvalue weighted by Crippen LogP contribution is 2.34. The molecule has 1 aliphatic heterocycles. The molecule has 4 aromatic carbocycles. The van der Waals surface area contributed by atoms with E-state index in [0.29, 0.717) is 39.8 Å². The molecular formula is C29H22N2O6. The van der Waals surface area contributed by atoms with Crippen LogP contribution in [0.3, 0.4) is 0 Å². The van der Waals surface area contributed by atoms with Gasteiger partial charge in [-0.15, -0.1) is 0 Å². The number of para-hydroxylation sites is 1. The molecule has 0 atom stereocenters. The number of rotatable bonds is 8. The van der Waals surface area contributed by atoms with Crippen LogP contribution < -0.4 is 24.8 Å². The summed E-state index contributed by atoms with van der Waals surface area (Å²) in [6.07, 6.45) is 0. The second-order valence-corrected chi connectivity index (χ2v) is 8.12. The summed E-state index contributed by atoms with van der Waals surface area (Å²) in [6.45, 7) is -0.135. The van der Waals surface area contributed by atoms with Gasteiger partial charge in [-0.1, -0.05) is 42.5 Å². The summed E-state index contributed by atoms with van der Waals surface area (Å²) in [7, 11) is 0. The van der Waals surface area contributed by atoms with Gasteiger partial charge in [-0.2, -0.15) is 0 Å². The van der Waals surface area contributed by atoms with E-state index in [1.165, 1.54) is 0 Å². The lowest BCUT2D eigenvalue weighted by Crippen LogP contribution is -2.22. The van der Waals surface area contributed by atoms with Crippen LogP contribution in [-0.4, -0.2) is 31.0 Å². The Kier molecular flexibility index (Phi) is 6.80. The summed E-state index contributed by atoms with van der Waals surface area (Å²) in [5, 5.41) is 5.52. The second-order valence-electron chi connectivity index (χ2n) is 8.12. The number of benzene rings is 4. The normalized spacial score (nSPS) is 11.5. The molecular weight excluding hydrogens is 472 g/mol. The van der Waals surface area contributed by atoms with Gasteiger partial charge in [0.15, 0.2) is 23.9 Å². The standard InChI is InChI=1S/C29H22N2O6/c32-27(17-35-22-13-10-20(11-14-22)28(33)19-6-2-1-3-7-19)31-24-9-5-4-8-23(24)29(34)30-21-12-15-25-26(16-21)37-18-36-25/h1-16H,17-18H2,(H,30,34)(H,31,32). The van der Waals surface area contributed by atoms with Crippen LogP contribution in [0.4, 0.5) is 11.4 Å². The molecule has 2 N–H and O–H groups in total. The van der Waals surface area contributed by atoms with Gasteiger partial charge in [-0.05, 0) is 48.5 Å².